The molecular formula is C17H15N3S. The summed E-state index contributed by atoms with van der Waals surface area (Å²) in [6.07, 6.45) is 3.74. The van der Waals surface area contributed by atoms with Gasteiger partial charge in [-0.1, -0.05) is 60.7 Å². The molecule has 0 aliphatic heterocycles. The van der Waals surface area contributed by atoms with Crippen molar-refractivity contribution in [3.05, 3.63) is 78.1 Å². The number of nitrogens with two attached hydrogens (primary N) is 1. The van der Waals surface area contributed by atoms with Crippen LogP contribution in [0.3, 0.4) is 0 Å². The number of rotatable bonds is 4. The molecule has 2 aromatic carbocycles. The van der Waals surface area contributed by atoms with Crippen LogP contribution in [0.5, 0.6) is 0 Å². The van der Waals surface area contributed by atoms with Gasteiger partial charge in [0.05, 0.1) is 6.54 Å². The number of hydrogen-bond acceptors (Lipinski definition) is 2. The van der Waals surface area contributed by atoms with Crippen molar-refractivity contribution in [3.63, 3.8) is 0 Å². The van der Waals surface area contributed by atoms with Gasteiger partial charge in [-0.15, -0.1) is 0 Å². The van der Waals surface area contributed by atoms with E-state index < -0.39 is 0 Å². The number of aromatic nitrogens is 2. The van der Waals surface area contributed by atoms with Gasteiger partial charge < -0.3 is 5.73 Å². The summed E-state index contributed by atoms with van der Waals surface area (Å²) in [5, 5.41) is 4.21. The minimum absolute atomic E-state index is 0.422. The number of benzene rings is 2. The molecule has 2 N–H and O–H groups in total. The summed E-state index contributed by atoms with van der Waals surface area (Å²) in [5.74, 6) is 0. The van der Waals surface area contributed by atoms with E-state index in [1.54, 1.807) is 6.20 Å². The third-order valence-electron chi connectivity index (χ3n) is 3.36. The van der Waals surface area contributed by atoms with E-state index in [1.807, 2.05) is 41.2 Å². The van der Waals surface area contributed by atoms with Crippen molar-refractivity contribution in [2.45, 2.75) is 6.54 Å². The minimum Gasteiger partial charge on any atom is -0.389 e. The molecule has 0 saturated carbocycles. The SMILES string of the molecule is NC(=S)c1ccccc1-c1ccc(Cn2cccn2)cc1. The van der Waals surface area contributed by atoms with Gasteiger partial charge in [0.1, 0.15) is 4.99 Å². The second-order valence-corrected chi connectivity index (χ2v) is 5.25. The Balaban J connectivity index is 1.89. The monoisotopic (exact) mass is 293 g/mol. The van der Waals surface area contributed by atoms with E-state index in [-0.39, 0.29) is 0 Å². The van der Waals surface area contributed by atoms with Crippen molar-refractivity contribution in [1.82, 2.24) is 9.78 Å². The predicted octanol–water partition coefficient (Wildman–Crippen LogP) is 3.23. The smallest absolute Gasteiger partial charge is 0.104 e. The molecule has 0 bridgehead atoms. The molecule has 1 aromatic heterocycles. The van der Waals surface area contributed by atoms with E-state index in [9.17, 15) is 0 Å². The molecule has 3 rings (SSSR count). The molecule has 0 atom stereocenters. The average Bonchev–Trinajstić information content (AvgIpc) is 3.01. The first-order chi connectivity index (χ1) is 10.2. The summed E-state index contributed by atoms with van der Waals surface area (Å²) in [6, 6.07) is 18.3. The molecule has 0 spiro atoms. The van der Waals surface area contributed by atoms with Gasteiger partial charge in [0, 0.05) is 18.0 Å². The van der Waals surface area contributed by atoms with Gasteiger partial charge in [-0.3, -0.25) is 4.68 Å². The Kier molecular flexibility index (Phi) is 3.79. The van der Waals surface area contributed by atoms with E-state index in [4.69, 9.17) is 18.0 Å². The Hall–Kier alpha value is -2.46. The lowest BCUT2D eigenvalue weighted by atomic mass is 9.98. The van der Waals surface area contributed by atoms with Crippen LogP contribution >= 0.6 is 12.2 Å². The molecule has 104 valence electrons. The Bertz CT molecular complexity index is 746. The van der Waals surface area contributed by atoms with Crippen LogP contribution in [0.4, 0.5) is 0 Å². The van der Waals surface area contributed by atoms with Crippen LogP contribution in [0.15, 0.2) is 67.0 Å². The highest BCUT2D eigenvalue weighted by atomic mass is 32.1. The van der Waals surface area contributed by atoms with Crippen LogP contribution in [0, 0.1) is 0 Å². The maximum absolute atomic E-state index is 5.79. The molecule has 0 unspecified atom stereocenters. The maximum Gasteiger partial charge on any atom is 0.104 e. The van der Waals surface area contributed by atoms with Gasteiger partial charge in [-0.25, -0.2) is 0 Å². The van der Waals surface area contributed by atoms with Crippen LogP contribution in [0.25, 0.3) is 11.1 Å². The fourth-order valence-electron chi connectivity index (χ4n) is 2.32. The van der Waals surface area contributed by atoms with Crippen LogP contribution in [0.1, 0.15) is 11.1 Å². The molecule has 0 fully saturated rings. The first-order valence-electron chi connectivity index (χ1n) is 6.69. The fraction of sp³-hybridized carbons (Fsp3) is 0.0588. The molecule has 0 aliphatic carbocycles. The zero-order valence-electron chi connectivity index (χ0n) is 11.4. The zero-order valence-corrected chi connectivity index (χ0v) is 12.3. The molecule has 0 saturated heterocycles. The third-order valence-corrected chi connectivity index (χ3v) is 3.58. The molecule has 21 heavy (non-hydrogen) atoms. The molecule has 0 aliphatic rings. The predicted molar refractivity (Wildman–Crippen MR) is 89.1 cm³/mol. The third kappa shape index (κ3) is 3.01. The maximum atomic E-state index is 5.79. The number of thiocarbonyl (C=S) groups is 1. The molecular weight excluding hydrogens is 278 g/mol. The molecule has 3 nitrogen and oxygen atoms in total. The van der Waals surface area contributed by atoms with E-state index in [0.29, 0.717) is 4.99 Å². The molecule has 3 aromatic rings. The minimum atomic E-state index is 0.422. The van der Waals surface area contributed by atoms with Gasteiger partial charge in [0.25, 0.3) is 0 Å². The normalized spacial score (nSPS) is 10.5. The highest BCUT2D eigenvalue weighted by Gasteiger charge is 2.06. The van der Waals surface area contributed by atoms with Crippen LogP contribution in [-0.2, 0) is 6.54 Å². The Morgan fingerprint density at radius 2 is 1.81 bits per heavy atom. The first kappa shape index (κ1) is 13.5. The topological polar surface area (TPSA) is 43.8 Å². The lowest BCUT2D eigenvalue weighted by Gasteiger charge is -2.09. The largest absolute Gasteiger partial charge is 0.389 e. The van der Waals surface area contributed by atoms with Crippen LogP contribution in [-0.4, -0.2) is 14.8 Å². The number of hydrogen-bond donors (Lipinski definition) is 1. The lowest BCUT2D eigenvalue weighted by molar-refractivity contribution is 0.687. The lowest BCUT2D eigenvalue weighted by Crippen LogP contribution is -2.10. The van der Waals surface area contributed by atoms with Crippen molar-refractivity contribution in [2.24, 2.45) is 5.73 Å². The van der Waals surface area contributed by atoms with Gasteiger partial charge in [0.2, 0.25) is 0 Å². The van der Waals surface area contributed by atoms with Crippen molar-refractivity contribution in [1.29, 1.82) is 0 Å². The summed E-state index contributed by atoms with van der Waals surface area (Å²) >= 11 is 5.12. The first-order valence-corrected chi connectivity index (χ1v) is 7.10. The molecule has 0 amide bonds. The van der Waals surface area contributed by atoms with Gasteiger partial charge >= 0.3 is 0 Å². The van der Waals surface area contributed by atoms with Crippen molar-refractivity contribution >= 4 is 17.2 Å². The van der Waals surface area contributed by atoms with Crippen LogP contribution < -0.4 is 5.73 Å². The summed E-state index contributed by atoms with van der Waals surface area (Å²) in [7, 11) is 0. The second kappa shape index (κ2) is 5.89. The highest BCUT2D eigenvalue weighted by molar-refractivity contribution is 7.80. The van der Waals surface area contributed by atoms with E-state index in [1.165, 1.54) is 5.56 Å². The molecule has 0 radical (unpaired) electrons. The van der Waals surface area contributed by atoms with Gasteiger partial charge in [0.15, 0.2) is 0 Å². The zero-order chi connectivity index (χ0) is 14.7. The average molecular weight is 293 g/mol. The van der Waals surface area contributed by atoms with Crippen molar-refractivity contribution in [2.75, 3.05) is 0 Å². The molecule has 1 heterocycles. The Labute approximate surface area is 129 Å². The van der Waals surface area contributed by atoms with E-state index >= 15 is 0 Å². The fourth-order valence-corrected chi connectivity index (χ4v) is 2.50. The summed E-state index contributed by atoms with van der Waals surface area (Å²) < 4.78 is 1.90. The van der Waals surface area contributed by atoms with E-state index in [0.717, 1.165) is 23.2 Å². The summed E-state index contributed by atoms with van der Waals surface area (Å²) in [6.45, 7) is 0.768. The van der Waals surface area contributed by atoms with Gasteiger partial charge in [-0.05, 0) is 22.8 Å². The highest BCUT2D eigenvalue weighted by Crippen LogP contribution is 2.24. The van der Waals surface area contributed by atoms with Crippen molar-refractivity contribution in [3.8, 4) is 11.1 Å². The van der Waals surface area contributed by atoms with Crippen molar-refractivity contribution < 1.29 is 0 Å². The quantitative estimate of drug-likeness (QED) is 0.751. The Morgan fingerprint density at radius 1 is 1.05 bits per heavy atom. The Morgan fingerprint density at radius 3 is 2.48 bits per heavy atom. The van der Waals surface area contributed by atoms with E-state index in [2.05, 4.69) is 29.4 Å². The standard InChI is InChI=1S/C17H15N3S/c18-17(21)16-5-2-1-4-15(16)14-8-6-13(7-9-14)12-20-11-3-10-19-20/h1-11H,12H2,(H2,18,21). The number of nitrogens with zero attached hydrogens (tertiary/aromatic N) is 2. The molecule has 4 heteroatoms. The van der Waals surface area contributed by atoms with Gasteiger partial charge in [-0.2, -0.15) is 5.10 Å². The summed E-state index contributed by atoms with van der Waals surface area (Å²) in [4.78, 5) is 0.422. The van der Waals surface area contributed by atoms with Crippen LogP contribution in [0.2, 0.25) is 0 Å². The summed E-state index contributed by atoms with van der Waals surface area (Å²) in [5.41, 5.74) is 10.1. The second-order valence-electron chi connectivity index (χ2n) is 4.81.